The van der Waals surface area contributed by atoms with Crippen LogP contribution in [0.2, 0.25) is 0 Å². The quantitative estimate of drug-likeness (QED) is 0.672. The number of hydrogen-bond acceptors (Lipinski definition) is 2. The number of nitrogens with zero attached hydrogens (tertiary/aromatic N) is 1. The Morgan fingerprint density at radius 3 is 3.08 bits per heavy atom. The molecular formula is C9H10ClNO. The standard InChI is InChI=1S/C9H10ClNO/c10-6-8-9(2-1-5-11-8)12-7-3-4-7/h1-2,5,7H,3-4,6H2. The van der Waals surface area contributed by atoms with Gasteiger partial charge < -0.3 is 4.74 Å². The molecule has 0 aliphatic heterocycles. The Labute approximate surface area is 76.5 Å². The summed E-state index contributed by atoms with van der Waals surface area (Å²) in [5.41, 5.74) is 0.839. The predicted molar refractivity (Wildman–Crippen MR) is 47.4 cm³/mol. The summed E-state index contributed by atoms with van der Waals surface area (Å²) >= 11 is 5.69. The molecule has 12 heavy (non-hydrogen) atoms. The summed E-state index contributed by atoms with van der Waals surface area (Å²) in [6.45, 7) is 0. The van der Waals surface area contributed by atoms with E-state index in [9.17, 15) is 0 Å². The van der Waals surface area contributed by atoms with E-state index in [2.05, 4.69) is 4.98 Å². The number of rotatable bonds is 3. The molecule has 0 N–H and O–H groups in total. The molecule has 2 nitrogen and oxygen atoms in total. The highest BCUT2D eigenvalue weighted by atomic mass is 35.5. The average Bonchev–Trinajstić information content (AvgIpc) is 2.89. The Hall–Kier alpha value is -0.760. The van der Waals surface area contributed by atoms with Crippen LogP contribution in [0.15, 0.2) is 18.3 Å². The largest absolute Gasteiger partial charge is 0.488 e. The van der Waals surface area contributed by atoms with Crippen LogP contribution in [0.1, 0.15) is 18.5 Å². The second-order valence-electron chi connectivity index (χ2n) is 2.90. The lowest BCUT2D eigenvalue weighted by Crippen LogP contribution is -1.99. The Morgan fingerprint density at radius 2 is 2.42 bits per heavy atom. The van der Waals surface area contributed by atoms with Gasteiger partial charge in [-0.05, 0) is 25.0 Å². The van der Waals surface area contributed by atoms with E-state index in [-0.39, 0.29) is 0 Å². The van der Waals surface area contributed by atoms with E-state index in [1.165, 1.54) is 0 Å². The molecule has 0 saturated heterocycles. The van der Waals surface area contributed by atoms with E-state index in [1.807, 2.05) is 12.1 Å². The van der Waals surface area contributed by atoms with Crippen molar-refractivity contribution < 1.29 is 4.74 Å². The molecule has 2 rings (SSSR count). The van der Waals surface area contributed by atoms with Crippen LogP contribution in [0.4, 0.5) is 0 Å². The van der Waals surface area contributed by atoms with Crippen molar-refractivity contribution in [2.24, 2.45) is 0 Å². The highest BCUT2D eigenvalue weighted by Crippen LogP contribution is 2.28. The summed E-state index contributed by atoms with van der Waals surface area (Å²) in [7, 11) is 0. The molecule has 0 aromatic carbocycles. The van der Waals surface area contributed by atoms with Gasteiger partial charge in [-0.25, -0.2) is 0 Å². The third-order valence-electron chi connectivity index (χ3n) is 1.79. The fourth-order valence-corrected chi connectivity index (χ4v) is 1.20. The summed E-state index contributed by atoms with van der Waals surface area (Å²) in [4.78, 5) is 4.12. The van der Waals surface area contributed by atoms with E-state index in [1.54, 1.807) is 6.20 Å². The van der Waals surface area contributed by atoms with Crippen molar-refractivity contribution in [1.82, 2.24) is 4.98 Å². The summed E-state index contributed by atoms with van der Waals surface area (Å²) in [6.07, 6.45) is 4.47. The first-order valence-electron chi connectivity index (χ1n) is 4.06. The zero-order chi connectivity index (χ0) is 8.39. The van der Waals surface area contributed by atoms with Crippen molar-refractivity contribution in [2.75, 3.05) is 0 Å². The number of pyridine rings is 1. The van der Waals surface area contributed by atoms with Gasteiger partial charge in [0.05, 0.1) is 17.7 Å². The lowest BCUT2D eigenvalue weighted by molar-refractivity contribution is 0.299. The van der Waals surface area contributed by atoms with Gasteiger partial charge in [0.1, 0.15) is 5.75 Å². The van der Waals surface area contributed by atoms with Gasteiger partial charge in [-0.2, -0.15) is 0 Å². The first-order valence-corrected chi connectivity index (χ1v) is 4.60. The molecule has 0 atom stereocenters. The number of aromatic nitrogens is 1. The van der Waals surface area contributed by atoms with Crippen LogP contribution in [-0.4, -0.2) is 11.1 Å². The van der Waals surface area contributed by atoms with Gasteiger partial charge in [-0.3, -0.25) is 4.98 Å². The van der Waals surface area contributed by atoms with Crippen molar-refractivity contribution in [2.45, 2.75) is 24.8 Å². The minimum atomic E-state index is 0.413. The maximum atomic E-state index is 5.69. The van der Waals surface area contributed by atoms with E-state index >= 15 is 0 Å². The third-order valence-corrected chi connectivity index (χ3v) is 2.05. The van der Waals surface area contributed by atoms with Crippen molar-refractivity contribution in [3.8, 4) is 5.75 Å². The van der Waals surface area contributed by atoms with Crippen molar-refractivity contribution in [3.63, 3.8) is 0 Å². The zero-order valence-electron chi connectivity index (χ0n) is 6.66. The van der Waals surface area contributed by atoms with Gasteiger partial charge in [0.15, 0.2) is 0 Å². The minimum Gasteiger partial charge on any atom is -0.488 e. The molecular weight excluding hydrogens is 174 g/mol. The van der Waals surface area contributed by atoms with Crippen LogP contribution in [0.25, 0.3) is 0 Å². The Balaban J connectivity index is 2.15. The van der Waals surface area contributed by atoms with E-state index in [0.29, 0.717) is 12.0 Å². The summed E-state index contributed by atoms with van der Waals surface area (Å²) < 4.78 is 5.60. The molecule has 1 heterocycles. The first-order chi connectivity index (χ1) is 5.90. The van der Waals surface area contributed by atoms with Gasteiger partial charge in [-0.1, -0.05) is 0 Å². The number of alkyl halides is 1. The first kappa shape index (κ1) is 7.87. The number of halogens is 1. The molecule has 1 fully saturated rings. The molecule has 0 bridgehead atoms. The summed E-state index contributed by atoms with van der Waals surface area (Å²) in [5, 5.41) is 0. The maximum absolute atomic E-state index is 5.69. The normalized spacial score (nSPS) is 16.1. The predicted octanol–water partition coefficient (Wildman–Crippen LogP) is 2.36. The van der Waals surface area contributed by atoms with Crippen LogP contribution in [0.3, 0.4) is 0 Å². The van der Waals surface area contributed by atoms with Crippen LogP contribution >= 0.6 is 11.6 Å². The molecule has 1 saturated carbocycles. The van der Waals surface area contributed by atoms with Gasteiger partial charge in [0.25, 0.3) is 0 Å². The molecule has 1 aliphatic rings. The Morgan fingerprint density at radius 1 is 1.58 bits per heavy atom. The number of ether oxygens (including phenoxy) is 1. The summed E-state index contributed by atoms with van der Waals surface area (Å²) in [5.74, 6) is 1.26. The molecule has 0 radical (unpaired) electrons. The lowest BCUT2D eigenvalue weighted by Gasteiger charge is -2.06. The lowest BCUT2D eigenvalue weighted by atomic mass is 10.3. The molecule has 0 unspecified atom stereocenters. The average molecular weight is 184 g/mol. The molecule has 3 heteroatoms. The van der Waals surface area contributed by atoms with Gasteiger partial charge in [0, 0.05) is 6.20 Å². The second-order valence-corrected chi connectivity index (χ2v) is 3.17. The topological polar surface area (TPSA) is 22.1 Å². The van der Waals surface area contributed by atoms with Crippen LogP contribution in [-0.2, 0) is 5.88 Å². The van der Waals surface area contributed by atoms with Gasteiger partial charge >= 0.3 is 0 Å². The van der Waals surface area contributed by atoms with Crippen molar-refractivity contribution in [1.29, 1.82) is 0 Å². The molecule has 64 valence electrons. The van der Waals surface area contributed by atoms with Crippen LogP contribution in [0, 0.1) is 0 Å². The Bertz CT molecular complexity index is 273. The van der Waals surface area contributed by atoms with Crippen molar-refractivity contribution >= 4 is 11.6 Å². The zero-order valence-corrected chi connectivity index (χ0v) is 7.42. The molecule has 0 amide bonds. The molecule has 1 aliphatic carbocycles. The van der Waals surface area contributed by atoms with Crippen LogP contribution < -0.4 is 4.74 Å². The monoisotopic (exact) mass is 183 g/mol. The smallest absolute Gasteiger partial charge is 0.142 e. The molecule has 0 spiro atoms. The van der Waals surface area contributed by atoms with E-state index < -0.39 is 0 Å². The summed E-state index contributed by atoms with van der Waals surface area (Å²) in [6, 6.07) is 3.79. The number of hydrogen-bond donors (Lipinski definition) is 0. The van der Waals surface area contributed by atoms with E-state index in [4.69, 9.17) is 16.3 Å². The Kier molecular flexibility index (Phi) is 2.17. The fourth-order valence-electron chi connectivity index (χ4n) is 0.996. The van der Waals surface area contributed by atoms with E-state index in [0.717, 1.165) is 24.3 Å². The van der Waals surface area contributed by atoms with Gasteiger partial charge in [-0.15, -0.1) is 11.6 Å². The SMILES string of the molecule is ClCc1ncccc1OC1CC1. The van der Waals surface area contributed by atoms with Gasteiger partial charge in [0.2, 0.25) is 0 Å². The minimum absolute atomic E-state index is 0.413. The second kappa shape index (κ2) is 3.31. The van der Waals surface area contributed by atoms with Crippen LogP contribution in [0.5, 0.6) is 5.75 Å². The highest BCUT2D eigenvalue weighted by Gasteiger charge is 2.24. The highest BCUT2D eigenvalue weighted by molar-refractivity contribution is 6.17. The maximum Gasteiger partial charge on any atom is 0.142 e. The molecule has 1 aromatic rings. The molecule has 1 aromatic heterocycles. The van der Waals surface area contributed by atoms with Crippen molar-refractivity contribution in [3.05, 3.63) is 24.0 Å². The third kappa shape index (κ3) is 1.69. The fraction of sp³-hybridized carbons (Fsp3) is 0.444.